The minimum Gasteiger partial charge on any atom is -0.375 e. The van der Waals surface area contributed by atoms with Gasteiger partial charge in [-0.05, 0) is 24.4 Å². The predicted molar refractivity (Wildman–Crippen MR) is 67.7 cm³/mol. The van der Waals surface area contributed by atoms with Crippen molar-refractivity contribution in [2.24, 2.45) is 10.8 Å². The zero-order valence-electron chi connectivity index (χ0n) is 8.09. The number of thiocarbonyl (C=S) groups is 1. The van der Waals surface area contributed by atoms with Gasteiger partial charge in [-0.25, -0.2) is 4.98 Å². The predicted octanol–water partition coefficient (Wildman–Crippen LogP) is 1.15. The number of hydrogen-bond donors (Lipinski definition) is 2. The van der Waals surface area contributed by atoms with Gasteiger partial charge < -0.3 is 5.73 Å². The third-order valence-electron chi connectivity index (χ3n) is 1.88. The zero-order chi connectivity index (χ0) is 11.5. The van der Waals surface area contributed by atoms with Gasteiger partial charge in [0.2, 0.25) is 0 Å². The third kappa shape index (κ3) is 2.12. The van der Waals surface area contributed by atoms with Crippen LogP contribution in [0.1, 0.15) is 5.69 Å². The highest BCUT2D eigenvalue weighted by atomic mass is 35.5. The molecule has 0 radical (unpaired) electrons. The van der Waals surface area contributed by atoms with E-state index in [1.54, 1.807) is 0 Å². The number of nitrogens with one attached hydrogen (secondary N) is 1. The van der Waals surface area contributed by atoms with Gasteiger partial charge >= 0.3 is 0 Å². The van der Waals surface area contributed by atoms with E-state index in [4.69, 9.17) is 17.3 Å². The van der Waals surface area contributed by atoms with E-state index in [1.807, 2.05) is 28.8 Å². The maximum Gasteiger partial charge on any atom is 0.184 e. The first kappa shape index (κ1) is 10.8. The second-order valence-electron chi connectivity index (χ2n) is 2.95. The fourth-order valence-electron chi connectivity index (χ4n) is 1.26. The van der Waals surface area contributed by atoms with Gasteiger partial charge in [-0.3, -0.25) is 9.83 Å². The van der Waals surface area contributed by atoms with Crippen LogP contribution in [-0.2, 0) is 0 Å². The van der Waals surface area contributed by atoms with Crippen molar-refractivity contribution >= 4 is 40.8 Å². The van der Waals surface area contributed by atoms with Crippen LogP contribution in [0, 0.1) is 0 Å². The number of pyridine rings is 1. The quantitative estimate of drug-likeness (QED) is 0.479. The van der Waals surface area contributed by atoms with Gasteiger partial charge in [-0.2, -0.15) is 5.10 Å². The van der Waals surface area contributed by atoms with E-state index < -0.39 is 0 Å². The summed E-state index contributed by atoms with van der Waals surface area (Å²) in [6.07, 6.45) is 3.36. The highest BCUT2D eigenvalue weighted by Gasteiger charge is 2.06. The highest BCUT2D eigenvalue weighted by molar-refractivity contribution is 7.80. The van der Waals surface area contributed by atoms with E-state index >= 15 is 0 Å². The molecule has 0 amide bonds. The van der Waals surface area contributed by atoms with Crippen LogP contribution in [0.4, 0.5) is 0 Å². The van der Waals surface area contributed by atoms with Crippen LogP contribution in [0.5, 0.6) is 0 Å². The number of imidazole rings is 1. The third-order valence-corrected chi connectivity index (χ3v) is 2.25. The largest absolute Gasteiger partial charge is 0.375 e. The number of halogens is 1. The van der Waals surface area contributed by atoms with Crippen molar-refractivity contribution < 1.29 is 0 Å². The van der Waals surface area contributed by atoms with E-state index in [2.05, 4.69) is 27.7 Å². The van der Waals surface area contributed by atoms with Crippen LogP contribution >= 0.6 is 23.8 Å². The number of nitrogens with zero attached hydrogens (tertiary/aromatic N) is 3. The summed E-state index contributed by atoms with van der Waals surface area (Å²) >= 11 is 10.6. The molecule has 0 bridgehead atoms. The van der Waals surface area contributed by atoms with Crippen molar-refractivity contribution in [3.63, 3.8) is 0 Å². The summed E-state index contributed by atoms with van der Waals surface area (Å²) in [5.41, 5.74) is 9.11. The summed E-state index contributed by atoms with van der Waals surface area (Å²) in [5, 5.41) is 4.31. The smallest absolute Gasteiger partial charge is 0.184 e. The van der Waals surface area contributed by atoms with Crippen molar-refractivity contribution in [1.29, 1.82) is 0 Å². The molecule has 0 saturated carbocycles. The Kier molecular flexibility index (Phi) is 3.02. The Balaban J connectivity index is 2.39. The molecule has 0 saturated heterocycles. The number of fused-ring (bicyclic) bond motifs is 1. The molecule has 7 heteroatoms. The van der Waals surface area contributed by atoms with Crippen LogP contribution < -0.4 is 11.2 Å². The lowest BCUT2D eigenvalue weighted by Crippen LogP contribution is -2.24. The van der Waals surface area contributed by atoms with Gasteiger partial charge in [0, 0.05) is 6.20 Å². The van der Waals surface area contributed by atoms with E-state index in [1.165, 1.54) is 6.21 Å². The Morgan fingerprint density at radius 2 is 2.44 bits per heavy atom. The summed E-state index contributed by atoms with van der Waals surface area (Å²) in [4.78, 5) is 4.16. The molecule has 2 rings (SSSR count). The molecule has 3 N–H and O–H groups in total. The lowest BCUT2D eigenvalue weighted by Gasteiger charge is -1.96. The Hall–Kier alpha value is -1.66. The molecule has 2 heterocycles. The van der Waals surface area contributed by atoms with Crippen LogP contribution in [0.2, 0.25) is 5.15 Å². The summed E-state index contributed by atoms with van der Waals surface area (Å²) in [5.74, 6) is 0. The number of hydrazone groups is 1. The normalized spacial score (nSPS) is 11.1. The molecular formula is C9H8ClN5S. The van der Waals surface area contributed by atoms with E-state index in [9.17, 15) is 0 Å². The first-order chi connectivity index (χ1) is 7.68. The first-order valence-corrected chi connectivity index (χ1v) is 5.18. The summed E-state index contributed by atoms with van der Waals surface area (Å²) in [6, 6.07) is 5.61. The molecule has 0 unspecified atom stereocenters. The second-order valence-corrected chi connectivity index (χ2v) is 3.75. The van der Waals surface area contributed by atoms with Crippen molar-refractivity contribution in [2.75, 3.05) is 0 Å². The van der Waals surface area contributed by atoms with Gasteiger partial charge in [-0.15, -0.1) is 0 Å². The number of aromatic nitrogens is 2. The molecule has 0 aliphatic heterocycles. The fourth-order valence-corrected chi connectivity index (χ4v) is 1.54. The van der Waals surface area contributed by atoms with Crippen LogP contribution in [0.25, 0.3) is 5.65 Å². The lowest BCUT2D eigenvalue weighted by atomic mass is 10.4. The molecule has 82 valence electrons. The van der Waals surface area contributed by atoms with E-state index in [-0.39, 0.29) is 5.11 Å². The van der Waals surface area contributed by atoms with E-state index in [0.29, 0.717) is 10.8 Å². The molecule has 0 aliphatic rings. The monoisotopic (exact) mass is 253 g/mol. The lowest BCUT2D eigenvalue weighted by molar-refractivity contribution is 1.04. The molecule has 0 spiro atoms. The van der Waals surface area contributed by atoms with Crippen LogP contribution in [-0.4, -0.2) is 20.7 Å². The van der Waals surface area contributed by atoms with Crippen molar-refractivity contribution in [1.82, 2.24) is 14.8 Å². The molecule has 0 atom stereocenters. The molecule has 16 heavy (non-hydrogen) atoms. The average Bonchev–Trinajstić information content (AvgIpc) is 2.55. The molecule has 2 aromatic rings. The van der Waals surface area contributed by atoms with Crippen molar-refractivity contribution in [3.05, 3.63) is 35.2 Å². The molecule has 0 fully saturated rings. The molecular weight excluding hydrogens is 246 g/mol. The minimum atomic E-state index is 0.0983. The Labute approximate surface area is 102 Å². The van der Waals surface area contributed by atoms with Gasteiger partial charge in [0.05, 0.1) is 6.21 Å². The Morgan fingerprint density at radius 3 is 3.19 bits per heavy atom. The first-order valence-electron chi connectivity index (χ1n) is 4.39. The number of nitrogens with two attached hydrogens (primary N) is 1. The Bertz CT molecular complexity index is 562. The van der Waals surface area contributed by atoms with Crippen molar-refractivity contribution in [3.8, 4) is 0 Å². The van der Waals surface area contributed by atoms with Crippen molar-refractivity contribution in [2.45, 2.75) is 0 Å². The number of rotatable bonds is 2. The molecule has 0 aliphatic carbocycles. The summed E-state index contributed by atoms with van der Waals surface area (Å²) < 4.78 is 1.81. The van der Waals surface area contributed by atoms with Gasteiger partial charge in [-0.1, -0.05) is 17.7 Å². The average molecular weight is 254 g/mol. The SMILES string of the molecule is NC(=S)NN=Cc1c(Cl)nc2ccccn12. The maximum atomic E-state index is 5.97. The highest BCUT2D eigenvalue weighted by Crippen LogP contribution is 2.15. The zero-order valence-corrected chi connectivity index (χ0v) is 9.66. The fraction of sp³-hybridized carbons (Fsp3) is 0. The topological polar surface area (TPSA) is 67.7 Å². The van der Waals surface area contributed by atoms with Crippen LogP contribution in [0.15, 0.2) is 29.5 Å². The van der Waals surface area contributed by atoms with Gasteiger partial charge in [0.1, 0.15) is 11.3 Å². The number of hydrogen-bond acceptors (Lipinski definition) is 3. The standard InChI is InChI=1S/C9H8ClN5S/c10-8-6(5-12-14-9(11)16)15-4-2-1-3-7(15)13-8/h1-5H,(H3,11,14,16). The van der Waals surface area contributed by atoms with Gasteiger partial charge in [0.15, 0.2) is 10.3 Å². The Morgan fingerprint density at radius 1 is 1.62 bits per heavy atom. The second kappa shape index (κ2) is 4.46. The molecule has 0 aromatic carbocycles. The van der Waals surface area contributed by atoms with E-state index in [0.717, 1.165) is 5.65 Å². The summed E-state index contributed by atoms with van der Waals surface area (Å²) in [7, 11) is 0. The molecule has 5 nitrogen and oxygen atoms in total. The maximum absolute atomic E-state index is 5.97. The minimum absolute atomic E-state index is 0.0983. The summed E-state index contributed by atoms with van der Waals surface area (Å²) in [6.45, 7) is 0. The molecule has 2 aromatic heterocycles. The van der Waals surface area contributed by atoms with Crippen LogP contribution in [0.3, 0.4) is 0 Å². The van der Waals surface area contributed by atoms with Gasteiger partial charge in [0.25, 0.3) is 0 Å².